The molecule has 5 heteroatoms. The minimum atomic E-state index is 0.351. The fraction of sp³-hybridized carbons (Fsp3) is 0.357. The van der Waals surface area contributed by atoms with Gasteiger partial charge in [-0.05, 0) is 33.1 Å². The zero-order chi connectivity index (χ0) is 13.7. The minimum absolute atomic E-state index is 0.351. The van der Waals surface area contributed by atoms with E-state index in [0.29, 0.717) is 5.69 Å². The summed E-state index contributed by atoms with van der Waals surface area (Å²) in [5.74, 6) is 0. The fourth-order valence-corrected chi connectivity index (χ4v) is 1.92. The second-order valence-electron chi connectivity index (χ2n) is 4.64. The third-order valence-corrected chi connectivity index (χ3v) is 2.86. The summed E-state index contributed by atoms with van der Waals surface area (Å²) in [5.41, 5.74) is 1.94. The van der Waals surface area contributed by atoms with Gasteiger partial charge in [-0.3, -0.25) is 0 Å². The van der Waals surface area contributed by atoms with E-state index in [0.717, 1.165) is 36.1 Å². The van der Waals surface area contributed by atoms with Crippen molar-refractivity contribution in [3.8, 4) is 6.07 Å². The van der Waals surface area contributed by atoms with Crippen molar-refractivity contribution in [1.82, 2.24) is 15.1 Å². The zero-order valence-corrected chi connectivity index (χ0v) is 11.2. The van der Waals surface area contributed by atoms with Gasteiger partial charge in [-0.2, -0.15) is 5.26 Å². The number of aromatic nitrogens is 2. The number of hydrogen-bond acceptors (Lipinski definition) is 5. The Labute approximate surface area is 112 Å². The van der Waals surface area contributed by atoms with E-state index in [1.165, 1.54) is 0 Å². The van der Waals surface area contributed by atoms with Crippen LogP contribution in [0.5, 0.6) is 0 Å². The minimum Gasteiger partial charge on any atom is -0.382 e. The second-order valence-corrected chi connectivity index (χ2v) is 4.64. The van der Waals surface area contributed by atoms with Crippen LogP contribution in [0.3, 0.4) is 0 Å². The number of fused-ring (bicyclic) bond motifs is 1. The first-order chi connectivity index (χ1) is 9.22. The molecule has 2 aromatic rings. The first-order valence-corrected chi connectivity index (χ1v) is 6.26. The monoisotopic (exact) mass is 255 g/mol. The summed E-state index contributed by atoms with van der Waals surface area (Å²) in [4.78, 5) is 2.13. The summed E-state index contributed by atoms with van der Waals surface area (Å²) < 4.78 is 0. The first-order valence-electron chi connectivity index (χ1n) is 6.26. The van der Waals surface area contributed by atoms with E-state index >= 15 is 0 Å². The maximum Gasteiger partial charge on any atom is 0.186 e. The van der Waals surface area contributed by atoms with Crippen molar-refractivity contribution in [3.05, 3.63) is 30.0 Å². The van der Waals surface area contributed by atoms with Crippen LogP contribution in [0.2, 0.25) is 0 Å². The van der Waals surface area contributed by atoms with Gasteiger partial charge in [-0.15, -0.1) is 10.2 Å². The third kappa shape index (κ3) is 3.18. The van der Waals surface area contributed by atoms with Crippen molar-refractivity contribution in [2.75, 3.05) is 32.5 Å². The van der Waals surface area contributed by atoms with Crippen LogP contribution >= 0.6 is 0 Å². The Hall–Kier alpha value is -2.19. The van der Waals surface area contributed by atoms with Gasteiger partial charge in [-0.1, -0.05) is 18.2 Å². The SMILES string of the molecule is CN(C)CCCNc1c(C#N)nnc2ccccc12. The molecule has 0 bridgehead atoms. The molecule has 0 amide bonds. The predicted molar refractivity (Wildman–Crippen MR) is 75.9 cm³/mol. The van der Waals surface area contributed by atoms with Crippen molar-refractivity contribution < 1.29 is 0 Å². The smallest absolute Gasteiger partial charge is 0.186 e. The molecule has 0 saturated heterocycles. The molecule has 0 atom stereocenters. The number of anilines is 1. The molecule has 0 aliphatic rings. The van der Waals surface area contributed by atoms with E-state index in [9.17, 15) is 0 Å². The fourth-order valence-electron chi connectivity index (χ4n) is 1.92. The summed E-state index contributed by atoms with van der Waals surface area (Å²) in [6.45, 7) is 1.81. The van der Waals surface area contributed by atoms with Crippen LogP contribution in [0.4, 0.5) is 5.69 Å². The number of hydrogen-bond donors (Lipinski definition) is 1. The van der Waals surface area contributed by atoms with Crippen molar-refractivity contribution >= 4 is 16.6 Å². The van der Waals surface area contributed by atoms with E-state index in [1.807, 2.05) is 38.4 Å². The van der Waals surface area contributed by atoms with Gasteiger partial charge in [-0.25, -0.2) is 0 Å². The highest BCUT2D eigenvalue weighted by atomic mass is 15.1. The van der Waals surface area contributed by atoms with E-state index in [-0.39, 0.29) is 0 Å². The summed E-state index contributed by atoms with van der Waals surface area (Å²) in [6, 6.07) is 9.80. The average molecular weight is 255 g/mol. The third-order valence-electron chi connectivity index (χ3n) is 2.86. The highest BCUT2D eigenvalue weighted by molar-refractivity contribution is 5.92. The lowest BCUT2D eigenvalue weighted by atomic mass is 10.1. The van der Waals surface area contributed by atoms with Crippen LogP contribution < -0.4 is 5.32 Å². The highest BCUT2D eigenvalue weighted by Crippen LogP contribution is 2.23. The molecule has 0 spiro atoms. The van der Waals surface area contributed by atoms with E-state index < -0.39 is 0 Å². The Kier molecular flexibility index (Phi) is 4.26. The normalized spacial score (nSPS) is 10.6. The number of nitrogens with one attached hydrogen (secondary N) is 1. The van der Waals surface area contributed by atoms with Gasteiger partial charge in [0.05, 0.1) is 11.2 Å². The number of rotatable bonds is 5. The van der Waals surface area contributed by atoms with E-state index in [1.54, 1.807) is 0 Å². The molecule has 98 valence electrons. The van der Waals surface area contributed by atoms with E-state index in [4.69, 9.17) is 5.26 Å². The topological polar surface area (TPSA) is 64.8 Å². The Morgan fingerprint density at radius 2 is 2.05 bits per heavy atom. The van der Waals surface area contributed by atoms with Crippen LogP contribution in [-0.4, -0.2) is 42.3 Å². The second kappa shape index (κ2) is 6.12. The molecular weight excluding hydrogens is 238 g/mol. The zero-order valence-electron chi connectivity index (χ0n) is 11.2. The molecular formula is C14H17N5. The largest absolute Gasteiger partial charge is 0.382 e. The number of benzene rings is 1. The van der Waals surface area contributed by atoms with Gasteiger partial charge in [0.1, 0.15) is 6.07 Å². The van der Waals surface area contributed by atoms with Crippen LogP contribution in [-0.2, 0) is 0 Å². The average Bonchev–Trinajstić information content (AvgIpc) is 2.43. The predicted octanol–water partition coefficient (Wildman–Crippen LogP) is 1.87. The van der Waals surface area contributed by atoms with Gasteiger partial charge in [0.25, 0.3) is 0 Å². The van der Waals surface area contributed by atoms with Crippen molar-refractivity contribution in [2.45, 2.75) is 6.42 Å². The molecule has 1 heterocycles. The molecule has 2 rings (SSSR count). The lowest BCUT2D eigenvalue weighted by molar-refractivity contribution is 0.405. The lowest BCUT2D eigenvalue weighted by Gasteiger charge is -2.12. The molecule has 0 radical (unpaired) electrons. The van der Waals surface area contributed by atoms with Gasteiger partial charge >= 0.3 is 0 Å². The molecule has 1 aromatic carbocycles. The molecule has 1 N–H and O–H groups in total. The molecule has 1 aromatic heterocycles. The van der Waals surface area contributed by atoms with Gasteiger partial charge in [0.15, 0.2) is 5.69 Å². The van der Waals surface area contributed by atoms with E-state index in [2.05, 4.69) is 26.5 Å². The Balaban J connectivity index is 2.22. The van der Waals surface area contributed by atoms with Crippen molar-refractivity contribution in [2.24, 2.45) is 0 Å². The number of nitrogens with zero attached hydrogens (tertiary/aromatic N) is 4. The summed E-state index contributed by atoms with van der Waals surface area (Å²) in [6.07, 6.45) is 1.01. The summed E-state index contributed by atoms with van der Waals surface area (Å²) >= 11 is 0. The standard InChI is InChI=1S/C14H17N5/c1-19(2)9-5-8-16-14-11-6-3-4-7-12(11)17-18-13(14)10-15/h3-4,6-7H,5,8-9H2,1-2H3,(H,16,17). The summed E-state index contributed by atoms with van der Waals surface area (Å²) in [5, 5.41) is 21.4. The molecule has 19 heavy (non-hydrogen) atoms. The maximum atomic E-state index is 9.12. The van der Waals surface area contributed by atoms with Crippen molar-refractivity contribution in [1.29, 1.82) is 5.26 Å². The molecule has 5 nitrogen and oxygen atoms in total. The summed E-state index contributed by atoms with van der Waals surface area (Å²) in [7, 11) is 4.09. The Bertz CT molecular complexity index is 600. The van der Waals surface area contributed by atoms with Crippen LogP contribution in [0, 0.1) is 11.3 Å². The van der Waals surface area contributed by atoms with Gasteiger partial charge < -0.3 is 10.2 Å². The van der Waals surface area contributed by atoms with Gasteiger partial charge in [0.2, 0.25) is 0 Å². The Morgan fingerprint density at radius 1 is 1.26 bits per heavy atom. The maximum absolute atomic E-state index is 9.12. The van der Waals surface area contributed by atoms with Gasteiger partial charge in [0, 0.05) is 11.9 Å². The van der Waals surface area contributed by atoms with Crippen LogP contribution in [0.15, 0.2) is 24.3 Å². The molecule has 0 saturated carbocycles. The number of nitriles is 1. The molecule has 0 fully saturated rings. The highest BCUT2D eigenvalue weighted by Gasteiger charge is 2.09. The Morgan fingerprint density at radius 3 is 2.79 bits per heavy atom. The van der Waals surface area contributed by atoms with Crippen molar-refractivity contribution in [3.63, 3.8) is 0 Å². The van der Waals surface area contributed by atoms with Crippen LogP contribution in [0.25, 0.3) is 10.9 Å². The lowest BCUT2D eigenvalue weighted by Crippen LogP contribution is -2.17. The molecule has 0 aliphatic carbocycles. The molecule has 0 unspecified atom stereocenters. The van der Waals surface area contributed by atoms with Crippen LogP contribution in [0.1, 0.15) is 12.1 Å². The first kappa shape index (κ1) is 13.2. The molecule has 0 aliphatic heterocycles. The quantitative estimate of drug-likeness (QED) is 0.826.